The van der Waals surface area contributed by atoms with Crippen molar-refractivity contribution < 1.29 is 49.2 Å². The second-order valence-corrected chi connectivity index (χ2v) is 3.28. The van der Waals surface area contributed by atoms with Crippen LogP contribution in [-0.4, -0.2) is 14.7 Å². The monoisotopic (exact) mass is 415 g/mol. The molecule has 2 aromatic rings. The molecule has 2 rings (SSSR count). The standard InChI is InChI=1S/C11H12N2O.Ac/c1-13-7-10(12-8-13)11(14)9-5-3-2-4-6-9;/h2-8,11,14H,1H3;. The zero-order valence-corrected chi connectivity index (χ0v) is 13.3. The summed E-state index contributed by atoms with van der Waals surface area (Å²) < 4.78 is 1.82. The van der Waals surface area contributed by atoms with Crippen LogP contribution in [-0.2, 0) is 7.05 Å². The van der Waals surface area contributed by atoms with E-state index in [4.69, 9.17) is 0 Å². The Hall–Kier alpha value is -0.168. The largest absolute Gasteiger partial charge is 0.382 e. The van der Waals surface area contributed by atoms with Crippen molar-refractivity contribution in [1.82, 2.24) is 9.55 Å². The molecule has 1 unspecified atom stereocenters. The van der Waals surface area contributed by atoms with E-state index in [0.717, 1.165) is 5.56 Å². The SMILES string of the molecule is Cn1cnc(C(O)c2ccccc2)c1.[Ac]. The molecule has 1 heterocycles. The van der Waals surface area contributed by atoms with Crippen LogP contribution in [0.3, 0.4) is 0 Å². The number of aliphatic hydroxyl groups is 1. The summed E-state index contributed by atoms with van der Waals surface area (Å²) >= 11 is 0. The van der Waals surface area contributed by atoms with Gasteiger partial charge in [-0.25, -0.2) is 4.98 Å². The topological polar surface area (TPSA) is 38.0 Å². The van der Waals surface area contributed by atoms with Gasteiger partial charge in [0.2, 0.25) is 0 Å². The van der Waals surface area contributed by atoms with Gasteiger partial charge in [0.15, 0.2) is 0 Å². The van der Waals surface area contributed by atoms with Crippen molar-refractivity contribution >= 4 is 0 Å². The zero-order valence-electron chi connectivity index (χ0n) is 8.54. The molecule has 0 aliphatic rings. The molecule has 1 aromatic heterocycles. The van der Waals surface area contributed by atoms with Crippen molar-refractivity contribution in [2.45, 2.75) is 6.10 Å². The number of hydrogen-bond donors (Lipinski definition) is 1. The van der Waals surface area contributed by atoms with Crippen molar-refractivity contribution in [3.8, 4) is 0 Å². The predicted molar refractivity (Wildman–Crippen MR) is 53.7 cm³/mol. The Morgan fingerprint density at radius 3 is 2.47 bits per heavy atom. The van der Waals surface area contributed by atoms with Crippen LogP contribution in [0, 0.1) is 44.1 Å². The molecule has 15 heavy (non-hydrogen) atoms. The summed E-state index contributed by atoms with van der Waals surface area (Å²) in [5.74, 6) is 0. The van der Waals surface area contributed by atoms with E-state index in [9.17, 15) is 5.11 Å². The maximum absolute atomic E-state index is 9.93. The van der Waals surface area contributed by atoms with E-state index in [1.807, 2.05) is 48.1 Å². The average Bonchev–Trinajstić information content (AvgIpc) is 2.65. The predicted octanol–water partition coefficient (Wildman–Crippen LogP) is 1.50. The maximum Gasteiger partial charge on any atom is 0.122 e. The molecule has 1 N–H and O–H groups in total. The molecule has 3 nitrogen and oxygen atoms in total. The van der Waals surface area contributed by atoms with E-state index in [-0.39, 0.29) is 44.1 Å². The van der Waals surface area contributed by atoms with Gasteiger partial charge in [-0.2, -0.15) is 0 Å². The number of imidazole rings is 1. The molecular weight excluding hydrogens is 403 g/mol. The molecule has 0 saturated heterocycles. The number of rotatable bonds is 2. The molecule has 0 amide bonds. The van der Waals surface area contributed by atoms with Crippen LogP contribution in [0.25, 0.3) is 0 Å². The van der Waals surface area contributed by atoms with Gasteiger partial charge in [-0.3, -0.25) is 0 Å². The molecule has 1 atom stereocenters. The van der Waals surface area contributed by atoms with Crippen LogP contribution in [0.5, 0.6) is 0 Å². The first kappa shape index (κ1) is 12.9. The first-order chi connectivity index (χ1) is 6.77. The normalized spacial score (nSPS) is 11.9. The van der Waals surface area contributed by atoms with Crippen molar-refractivity contribution in [2.24, 2.45) is 7.05 Å². The van der Waals surface area contributed by atoms with E-state index in [0.29, 0.717) is 5.69 Å². The van der Waals surface area contributed by atoms with Crippen LogP contribution < -0.4 is 0 Å². The van der Waals surface area contributed by atoms with Gasteiger partial charge < -0.3 is 9.67 Å². The van der Waals surface area contributed by atoms with Gasteiger partial charge in [-0.15, -0.1) is 0 Å². The molecule has 0 aliphatic carbocycles. The van der Waals surface area contributed by atoms with Gasteiger partial charge in [0.05, 0.1) is 12.0 Å². The second kappa shape index (κ2) is 5.79. The van der Waals surface area contributed by atoms with Crippen molar-refractivity contribution in [2.75, 3.05) is 0 Å². The van der Waals surface area contributed by atoms with Gasteiger partial charge >= 0.3 is 0 Å². The summed E-state index contributed by atoms with van der Waals surface area (Å²) in [6.07, 6.45) is 2.87. The number of aromatic nitrogens is 2. The molecule has 75 valence electrons. The number of nitrogens with zero attached hydrogens (tertiary/aromatic N) is 2. The minimum atomic E-state index is -0.627. The molecular formula is C11H12AcN2O. The zero-order chi connectivity index (χ0) is 9.97. The molecule has 0 aliphatic heterocycles. The summed E-state index contributed by atoms with van der Waals surface area (Å²) in [4.78, 5) is 4.11. The van der Waals surface area contributed by atoms with Crippen molar-refractivity contribution in [1.29, 1.82) is 0 Å². The first-order valence-electron chi connectivity index (χ1n) is 4.48. The third kappa shape index (κ3) is 3.14. The molecule has 1 radical (unpaired) electrons. The van der Waals surface area contributed by atoms with Crippen LogP contribution in [0.4, 0.5) is 0 Å². The molecule has 0 fully saturated rings. The second-order valence-electron chi connectivity index (χ2n) is 3.28. The average molecular weight is 415 g/mol. The fraction of sp³-hybridized carbons (Fsp3) is 0.182. The van der Waals surface area contributed by atoms with E-state index in [1.165, 1.54) is 0 Å². The maximum atomic E-state index is 9.93. The van der Waals surface area contributed by atoms with E-state index in [2.05, 4.69) is 4.98 Å². The Balaban J connectivity index is 0.00000112. The van der Waals surface area contributed by atoms with Gasteiger partial charge in [0.25, 0.3) is 0 Å². The number of aryl methyl sites for hydroxylation is 1. The van der Waals surface area contributed by atoms with Crippen LogP contribution in [0.2, 0.25) is 0 Å². The Morgan fingerprint density at radius 1 is 1.27 bits per heavy atom. The molecule has 0 bridgehead atoms. The number of hydrogen-bond acceptors (Lipinski definition) is 2. The Morgan fingerprint density at radius 2 is 1.93 bits per heavy atom. The summed E-state index contributed by atoms with van der Waals surface area (Å²) in [7, 11) is 1.88. The first-order valence-corrected chi connectivity index (χ1v) is 4.48. The third-order valence-corrected chi connectivity index (χ3v) is 2.12. The van der Waals surface area contributed by atoms with Gasteiger partial charge in [-0.1, -0.05) is 30.3 Å². The summed E-state index contributed by atoms with van der Waals surface area (Å²) in [5, 5.41) is 9.93. The van der Waals surface area contributed by atoms with E-state index in [1.54, 1.807) is 6.33 Å². The fourth-order valence-corrected chi connectivity index (χ4v) is 1.38. The molecule has 1 aromatic carbocycles. The van der Waals surface area contributed by atoms with Gasteiger partial charge in [0, 0.05) is 57.3 Å². The van der Waals surface area contributed by atoms with Crippen LogP contribution in [0.15, 0.2) is 42.9 Å². The Kier molecular flexibility index (Phi) is 4.98. The number of aliphatic hydroxyl groups excluding tert-OH is 1. The number of benzene rings is 1. The summed E-state index contributed by atoms with van der Waals surface area (Å²) in [6, 6.07) is 9.51. The van der Waals surface area contributed by atoms with Crippen molar-refractivity contribution in [3.05, 3.63) is 54.1 Å². The quantitative estimate of drug-likeness (QED) is 0.808. The Labute approximate surface area is 125 Å². The minimum absolute atomic E-state index is 0. The van der Waals surface area contributed by atoms with Gasteiger partial charge in [-0.05, 0) is 5.56 Å². The van der Waals surface area contributed by atoms with Crippen LogP contribution >= 0.6 is 0 Å². The van der Waals surface area contributed by atoms with E-state index >= 15 is 0 Å². The molecule has 0 saturated carbocycles. The van der Waals surface area contributed by atoms with E-state index < -0.39 is 6.10 Å². The van der Waals surface area contributed by atoms with Gasteiger partial charge in [0.1, 0.15) is 6.10 Å². The fourth-order valence-electron chi connectivity index (χ4n) is 1.38. The molecule has 4 heteroatoms. The smallest absolute Gasteiger partial charge is 0.122 e. The minimum Gasteiger partial charge on any atom is -0.382 e. The summed E-state index contributed by atoms with van der Waals surface area (Å²) in [6.45, 7) is 0. The third-order valence-electron chi connectivity index (χ3n) is 2.12. The van der Waals surface area contributed by atoms with Crippen LogP contribution in [0.1, 0.15) is 17.4 Å². The van der Waals surface area contributed by atoms with Crippen molar-refractivity contribution in [3.63, 3.8) is 0 Å². The molecule has 0 spiro atoms. The summed E-state index contributed by atoms with van der Waals surface area (Å²) in [5.41, 5.74) is 1.55. The Bertz CT molecular complexity index is 414.